The van der Waals surface area contributed by atoms with Crippen molar-refractivity contribution in [1.82, 2.24) is 24.6 Å². The van der Waals surface area contributed by atoms with E-state index in [-0.39, 0.29) is 0 Å². The van der Waals surface area contributed by atoms with Crippen LogP contribution >= 0.6 is 0 Å². The second kappa shape index (κ2) is 7.04. The molecule has 1 aliphatic carbocycles. The number of fused-ring (bicyclic) bond motifs is 1. The molecule has 1 fully saturated rings. The van der Waals surface area contributed by atoms with Crippen LogP contribution in [0.15, 0.2) is 24.7 Å². The van der Waals surface area contributed by atoms with E-state index in [4.69, 9.17) is 10.2 Å². The molecule has 3 aromatic rings. The lowest BCUT2D eigenvalue weighted by atomic mass is 9.84. The number of H-pyrrole nitrogens is 1. The summed E-state index contributed by atoms with van der Waals surface area (Å²) in [7, 11) is 0. The van der Waals surface area contributed by atoms with Crippen molar-refractivity contribution in [2.45, 2.75) is 45.1 Å². The number of aryl methyl sites for hydroxylation is 1. The third kappa shape index (κ3) is 3.47. The molecule has 3 heterocycles. The summed E-state index contributed by atoms with van der Waals surface area (Å²) in [6, 6.07) is 6.63. The standard InChI is InChI=1S/C18H22N8/c1-12-8-17(25-24-12)23-18-22-16(9-15-10-20-11-26(15)18)21-14-4-2-13(3-5-14)6-7-19/h8-11,13-14,21H,2-6H2,1H3,(H2,22,23,24,25)/t13-,14-. The molecule has 0 atom stereocenters. The van der Waals surface area contributed by atoms with Crippen molar-refractivity contribution in [3.8, 4) is 6.07 Å². The summed E-state index contributed by atoms with van der Waals surface area (Å²) in [4.78, 5) is 8.95. The van der Waals surface area contributed by atoms with Gasteiger partial charge in [0.2, 0.25) is 5.95 Å². The Morgan fingerprint density at radius 2 is 2.12 bits per heavy atom. The van der Waals surface area contributed by atoms with Gasteiger partial charge in [0.15, 0.2) is 5.82 Å². The number of nitrogens with one attached hydrogen (secondary N) is 3. The zero-order chi connectivity index (χ0) is 17.9. The highest BCUT2D eigenvalue weighted by Gasteiger charge is 2.21. The number of hydrogen-bond donors (Lipinski definition) is 3. The molecule has 0 aliphatic heterocycles. The van der Waals surface area contributed by atoms with Gasteiger partial charge in [0.05, 0.1) is 17.8 Å². The maximum atomic E-state index is 8.85. The molecule has 0 bridgehead atoms. The average Bonchev–Trinajstić information content (AvgIpc) is 3.26. The minimum Gasteiger partial charge on any atom is -0.367 e. The third-order valence-corrected chi connectivity index (χ3v) is 4.93. The molecule has 8 nitrogen and oxygen atoms in total. The van der Waals surface area contributed by atoms with E-state index in [1.807, 2.05) is 29.7 Å². The zero-order valence-electron chi connectivity index (χ0n) is 14.7. The SMILES string of the molecule is Cc1cc(Nc2nc(N[C@H]3CC[C@H](CC#N)CC3)cc3cncn23)n[nH]1. The van der Waals surface area contributed by atoms with Crippen molar-refractivity contribution in [3.63, 3.8) is 0 Å². The van der Waals surface area contributed by atoms with Crippen LogP contribution in [0.5, 0.6) is 0 Å². The average molecular weight is 350 g/mol. The summed E-state index contributed by atoms with van der Waals surface area (Å²) < 4.78 is 1.90. The normalized spacial score (nSPS) is 20.0. The van der Waals surface area contributed by atoms with Crippen molar-refractivity contribution in [2.75, 3.05) is 10.6 Å². The van der Waals surface area contributed by atoms with Gasteiger partial charge in [0.25, 0.3) is 0 Å². The summed E-state index contributed by atoms with van der Waals surface area (Å²) in [5.74, 6) is 2.77. The van der Waals surface area contributed by atoms with Gasteiger partial charge in [-0.25, -0.2) is 4.98 Å². The fourth-order valence-electron chi connectivity index (χ4n) is 3.54. The van der Waals surface area contributed by atoms with Crippen LogP contribution in [0.3, 0.4) is 0 Å². The van der Waals surface area contributed by atoms with Gasteiger partial charge in [-0.2, -0.15) is 15.3 Å². The second-order valence-electron chi connectivity index (χ2n) is 6.94. The lowest BCUT2D eigenvalue weighted by molar-refractivity contribution is 0.342. The van der Waals surface area contributed by atoms with E-state index in [2.05, 4.69) is 31.9 Å². The summed E-state index contributed by atoms with van der Waals surface area (Å²) >= 11 is 0. The Morgan fingerprint density at radius 3 is 2.85 bits per heavy atom. The molecular formula is C18H22N8. The minimum absolute atomic E-state index is 0.392. The molecule has 26 heavy (non-hydrogen) atoms. The number of nitrogens with zero attached hydrogens (tertiary/aromatic N) is 5. The van der Waals surface area contributed by atoms with E-state index in [1.54, 1.807) is 6.33 Å². The number of nitriles is 1. The lowest BCUT2D eigenvalue weighted by Gasteiger charge is -2.28. The number of anilines is 3. The van der Waals surface area contributed by atoms with Crippen LogP contribution in [-0.4, -0.2) is 30.6 Å². The molecule has 134 valence electrons. The van der Waals surface area contributed by atoms with Crippen LogP contribution in [0.1, 0.15) is 37.8 Å². The van der Waals surface area contributed by atoms with E-state index in [0.717, 1.165) is 48.5 Å². The molecule has 1 saturated carbocycles. The van der Waals surface area contributed by atoms with Gasteiger partial charge < -0.3 is 10.6 Å². The molecule has 0 aromatic carbocycles. The van der Waals surface area contributed by atoms with Gasteiger partial charge in [-0.3, -0.25) is 9.50 Å². The molecule has 3 aromatic heterocycles. The number of rotatable bonds is 5. The topological polar surface area (TPSA) is 107 Å². The molecule has 0 saturated heterocycles. The first-order chi connectivity index (χ1) is 12.7. The van der Waals surface area contributed by atoms with Gasteiger partial charge in [0.1, 0.15) is 12.1 Å². The largest absolute Gasteiger partial charge is 0.367 e. The Kier molecular flexibility index (Phi) is 4.44. The van der Waals surface area contributed by atoms with E-state index >= 15 is 0 Å². The zero-order valence-corrected chi connectivity index (χ0v) is 14.7. The smallest absolute Gasteiger partial charge is 0.216 e. The molecule has 4 rings (SSSR count). The molecule has 0 radical (unpaired) electrons. The van der Waals surface area contributed by atoms with Gasteiger partial charge in [-0.1, -0.05) is 0 Å². The molecule has 8 heteroatoms. The van der Waals surface area contributed by atoms with E-state index in [9.17, 15) is 0 Å². The number of aromatic nitrogens is 5. The minimum atomic E-state index is 0.392. The predicted molar refractivity (Wildman–Crippen MR) is 99.2 cm³/mol. The summed E-state index contributed by atoms with van der Waals surface area (Å²) in [5.41, 5.74) is 1.95. The van der Waals surface area contributed by atoms with Crippen molar-refractivity contribution < 1.29 is 0 Å². The highest BCUT2D eigenvalue weighted by molar-refractivity contribution is 5.62. The van der Waals surface area contributed by atoms with Crippen molar-refractivity contribution in [3.05, 3.63) is 30.4 Å². The van der Waals surface area contributed by atoms with E-state index in [0.29, 0.717) is 24.3 Å². The Hall–Kier alpha value is -3.08. The molecular weight excluding hydrogens is 328 g/mol. The molecule has 0 amide bonds. The summed E-state index contributed by atoms with van der Waals surface area (Å²) in [6.45, 7) is 1.96. The van der Waals surface area contributed by atoms with E-state index < -0.39 is 0 Å². The monoisotopic (exact) mass is 350 g/mol. The van der Waals surface area contributed by atoms with Crippen molar-refractivity contribution >= 4 is 23.1 Å². The number of aromatic amines is 1. The van der Waals surface area contributed by atoms with Crippen LogP contribution in [0, 0.1) is 24.2 Å². The van der Waals surface area contributed by atoms with Crippen molar-refractivity contribution in [1.29, 1.82) is 5.26 Å². The fourth-order valence-corrected chi connectivity index (χ4v) is 3.54. The predicted octanol–water partition coefficient (Wildman–Crippen LogP) is 3.39. The first kappa shape index (κ1) is 16.4. The molecule has 1 aliphatic rings. The maximum Gasteiger partial charge on any atom is 0.216 e. The van der Waals surface area contributed by atoms with Crippen LogP contribution in [0.4, 0.5) is 17.6 Å². The fraction of sp³-hybridized carbons (Fsp3) is 0.444. The van der Waals surface area contributed by atoms with Gasteiger partial charge in [0, 0.05) is 30.3 Å². The molecule has 0 spiro atoms. The maximum absolute atomic E-state index is 8.85. The van der Waals surface area contributed by atoms with Crippen LogP contribution in [0.2, 0.25) is 0 Å². The van der Waals surface area contributed by atoms with Gasteiger partial charge in [-0.15, -0.1) is 0 Å². The lowest BCUT2D eigenvalue weighted by Crippen LogP contribution is -2.26. The van der Waals surface area contributed by atoms with Crippen LogP contribution in [-0.2, 0) is 0 Å². The highest BCUT2D eigenvalue weighted by atomic mass is 15.3. The van der Waals surface area contributed by atoms with Crippen LogP contribution in [0.25, 0.3) is 5.52 Å². The Balaban J connectivity index is 1.52. The quantitative estimate of drug-likeness (QED) is 0.651. The first-order valence-corrected chi connectivity index (χ1v) is 8.97. The Labute approximate surface area is 151 Å². The second-order valence-corrected chi connectivity index (χ2v) is 6.94. The Bertz CT molecular complexity index is 926. The van der Waals surface area contributed by atoms with Crippen molar-refractivity contribution in [2.24, 2.45) is 5.92 Å². The molecule has 3 N–H and O–H groups in total. The summed E-state index contributed by atoms with van der Waals surface area (Å²) in [6.07, 6.45) is 8.55. The van der Waals surface area contributed by atoms with Gasteiger partial charge >= 0.3 is 0 Å². The van der Waals surface area contributed by atoms with Gasteiger partial charge in [-0.05, 0) is 38.5 Å². The first-order valence-electron chi connectivity index (χ1n) is 8.97. The number of hydrogen-bond acceptors (Lipinski definition) is 6. The van der Waals surface area contributed by atoms with E-state index in [1.165, 1.54) is 0 Å². The molecule has 0 unspecified atom stereocenters. The number of imidazole rings is 1. The van der Waals surface area contributed by atoms with Crippen LogP contribution < -0.4 is 10.6 Å². The third-order valence-electron chi connectivity index (χ3n) is 4.93. The summed E-state index contributed by atoms with van der Waals surface area (Å²) in [5, 5.41) is 22.8. The highest BCUT2D eigenvalue weighted by Crippen LogP contribution is 2.29. The Morgan fingerprint density at radius 1 is 1.27 bits per heavy atom.